The van der Waals surface area contributed by atoms with Crippen LogP contribution >= 0.6 is 0 Å². The van der Waals surface area contributed by atoms with E-state index in [1.165, 1.54) is 32.2 Å². The molecule has 0 amide bonds. The van der Waals surface area contributed by atoms with Crippen molar-refractivity contribution in [2.75, 3.05) is 24.5 Å². The maximum Gasteiger partial charge on any atom is 0.154 e. The van der Waals surface area contributed by atoms with Gasteiger partial charge in [-0.05, 0) is 51.1 Å². The van der Waals surface area contributed by atoms with E-state index in [1.807, 2.05) is 23.8 Å². The van der Waals surface area contributed by atoms with Gasteiger partial charge in [0.25, 0.3) is 0 Å². The third kappa shape index (κ3) is 2.75. The Morgan fingerprint density at radius 1 is 1.24 bits per heavy atom. The molecule has 0 bridgehead atoms. The largest absolute Gasteiger partial charge is 0.355 e. The van der Waals surface area contributed by atoms with Gasteiger partial charge >= 0.3 is 0 Å². The summed E-state index contributed by atoms with van der Waals surface area (Å²) in [5.74, 6) is 2.05. The molecule has 0 aromatic carbocycles. The first kappa shape index (κ1) is 13.1. The Balaban J connectivity index is 1.44. The molecule has 4 rings (SSSR count). The third-order valence-corrected chi connectivity index (χ3v) is 4.68. The van der Waals surface area contributed by atoms with E-state index in [2.05, 4.69) is 26.4 Å². The molecule has 0 atom stereocenters. The SMILES string of the molecule is Cc1cc2c(N3CCC(NCC4CC4)CC3)nccn2n1. The summed E-state index contributed by atoms with van der Waals surface area (Å²) in [6, 6.07) is 2.81. The van der Waals surface area contributed by atoms with Crippen LogP contribution in [0.3, 0.4) is 0 Å². The Labute approximate surface area is 125 Å². The smallest absolute Gasteiger partial charge is 0.154 e. The van der Waals surface area contributed by atoms with Crippen LogP contribution in [0.5, 0.6) is 0 Å². The summed E-state index contributed by atoms with van der Waals surface area (Å²) in [6.07, 6.45) is 9.06. The van der Waals surface area contributed by atoms with Gasteiger partial charge in [-0.3, -0.25) is 0 Å². The van der Waals surface area contributed by atoms with E-state index in [1.54, 1.807) is 0 Å². The maximum atomic E-state index is 4.60. The van der Waals surface area contributed by atoms with E-state index in [0.29, 0.717) is 6.04 Å². The lowest BCUT2D eigenvalue weighted by Gasteiger charge is -2.33. The van der Waals surface area contributed by atoms with Crippen molar-refractivity contribution in [2.24, 2.45) is 5.92 Å². The van der Waals surface area contributed by atoms with Crippen molar-refractivity contribution < 1.29 is 0 Å². The number of fused-ring (bicyclic) bond motifs is 1. The summed E-state index contributed by atoms with van der Waals surface area (Å²) < 4.78 is 1.94. The Bertz CT molecular complexity index is 623. The molecule has 1 saturated carbocycles. The van der Waals surface area contributed by atoms with Crippen LogP contribution in [0.1, 0.15) is 31.4 Å². The molecule has 21 heavy (non-hydrogen) atoms. The zero-order chi connectivity index (χ0) is 14.2. The number of rotatable bonds is 4. The second-order valence-electron chi connectivity index (χ2n) is 6.48. The van der Waals surface area contributed by atoms with Crippen LogP contribution in [0, 0.1) is 12.8 Å². The Hall–Kier alpha value is -1.62. The van der Waals surface area contributed by atoms with E-state index >= 15 is 0 Å². The van der Waals surface area contributed by atoms with Gasteiger partial charge in [-0.1, -0.05) is 0 Å². The fraction of sp³-hybridized carbons (Fsp3) is 0.625. The van der Waals surface area contributed by atoms with E-state index in [-0.39, 0.29) is 0 Å². The average Bonchev–Trinajstić information content (AvgIpc) is 3.25. The molecule has 2 aromatic rings. The molecular weight excluding hydrogens is 262 g/mol. The van der Waals surface area contributed by atoms with Crippen LogP contribution in [-0.2, 0) is 0 Å². The highest BCUT2D eigenvalue weighted by atomic mass is 15.3. The number of hydrogen-bond acceptors (Lipinski definition) is 4. The Morgan fingerprint density at radius 3 is 2.81 bits per heavy atom. The lowest BCUT2D eigenvalue weighted by Crippen LogP contribution is -2.43. The van der Waals surface area contributed by atoms with E-state index in [9.17, 15) is 0 Å². The number of hydrogen-bond donors (Lipinski definition) is 1. The molecule has 5 nitrogen and oxygen atoms in total. The van der Waals surface area contributed by atoms with Gasteiger partial charge in [0.2, 0.25) is 0 Å². The maximum absolute atomic E-state index is 4.60. The molecule has 2 aliphatic rings. The Morgan fingerprint density at radius 2 is 2.05 bits per heavy atom. The molecule has 3 heterocycles. The van der Waals surface area contributed by atoms with Gasteiger partial charge in [0.15, 0.2) is 5.82 Å². The van der Waals surface area contributed by atoms with E-state index in [0.717, 1.165) is 36.0 Å². The number of nitrogens with zero attached hydrogens (tertiary/aromatic N) is 4. The van der Waals surface area contributed by atoms with Gasteiger partial charge in [0.1, 0.15) is 5.52 Å². The average molecular weight is 285 g/mol. The van der Waals surface area contributed by atoms with Crippen LogP contribution in [0.4, 0.5) is 5.82 Å². The van der Waals surface area contributed by atoms with Crippen molar-refractivity contribution in [1.29, 1.82) is 0 Å². The van der Waals surface area contributed by atoms with Gasteiger partial charge < -0.3 is 10.2 Å². The first-order valence-electron chi connectivity index (χ1n) is 8.09. The molecular formula is C16H23N5. The number of anilines is 1. The predicted octanol–water partition coefficient (Wildman–Crippen LogP) is 2.01. The first-order valence-corrected chi connectivity index (χ1v) is 8.09. The molecule has 2 aromatic heterocycles. The van der Waals surface area contributed by atoms with Crippen molar-refractivity contribution in [1.82, 2.24) is 19.9 Å². The Kier molecular flexibility index (Phi) is 3.30. The fourth-order valence-corrected chi connectivity index (χ4v) is 3.22. The molecule has 0 unspecified atom stereocenters. The zero-order valence-corrected chi connectivity index (χ0v) is 12.6. The molecule has 5 heteroatoms. The van der Waals surface area contributed by atoms with Crippen LogP contribution in [0.25, 0.3) is 5.52 Å². The van der Waals surface area contributed by atoms with Crippen molar-refractivity contribution in [2.45, 2.75) is 38.6 Å². The second-order valence-corrected chi connectivity index (χ2v) is 6.48. The molecule has 1 aliphatic heterocycles. The normalized spacial score (nSPS) is 20.3. The summed E-state index contributed by atoms with van der Waals surface area (Å²) >= 11 is 0. The second kappa shape index (κ2) is 5.30. The third-order valence-electron chi connectivity index (χ3n) is 4.68. The van der Waals surface area contributed by atoms with Crippen molar-refractivity contribution in [3.05, 3.63) is 24.2 Å². The number of piperidine rings is 1. The first-order chi connectivity index (χ1) is 10.3. The molecule has 0 radical (unpaired) electrons. The standard InChI is InChI=1S/C16H23N5/c1-12-10-15-16(17-6-9-21(15)19-12)20-7-4-14(5-8-20)18-11-13-2-3-13/h6,9-10,13-14,18H,2-5,7-8,11H2,1H3. The minimum absolute atomic E-state index is 0.688. The van der Waals surface area contributed by atoms with E-state index < -0.39 is 0 Å². The molecule has 1 aliphatic carbocycles. The molecule has 1 N–H and O–H groups in total. The number of nitrogens with one attached hydrogen (secondary N) is 1. The minimum atomic E-state index is 0.688. The van der Waals surface area contributed by atoms with Crippen LogP contribution in [-0.4, -0.2) is 40.3 Å². The van der Waals surface area contributed by atoms with Gasteiger partial charge in [0.05, 0.1) is 5.69 Å². The lowest BCUT2D eigenvalue weighted by atomic mass is 10.0. The van der Waals surface area contributed by atoms with Gasteiger partial charge in [-0.15, -0.1) is 0 Å². The van der Waals surface area contributed by atoms with E-state index in [4.69, 9.17) is 0 Å². The highest BCUT2D eigenvalue weighted by Crippen LogP contribution is 2.28. The summed E-state index contributed by atoms with van der Waals surface area (Å²) in [6.45, 7) is 5.42. The highest BCUT2D eigenvalue weighted by molar-refractivity contribution is 5.69. The van der Waals surface area contributed by atoms with Crippen LogP contribution in [0.2, 0.25) is 0 Å². The van der Waals surface area contributed by atoms with Crippen molar-refractivity contribution in [3.63, 3.8) is 0 Å². The summed E-state index contributed by atoms with van der Waals surface area (Å²) in [5.41, 5.74) is 2.17. The lowest BCUT2D eigenvalue weighted by molar-refractivity contribution is 0.408. The predicted molar refractivity (Wildman–Crippen MR) is 83.7 cm³/mol. The fourth-order valence-electron chi connectivity index (χ4n) is 3.22. The van der Waals surface area contributed by atoms with Crippen molar-refractivity contribution >= 4 is 11.3 Å². The summed E-state index contributed by atoms with van der Waals surface area (Å²) in [4.78, 5) is 7.01. The van der Waals surface area contributed by atoms with Crippen LogP contribution < -0.4 is 10.2 Å². The molecule has 2 fully saturated rings. The monoisotopic (exact) mass is 285 g/mol. The van der Waals surface area contributed by atoms with Crippen LogP contribution in [0.15, 0.2) is 18.5 Å². The zero-order valence-electron chi connectivity index (χ0n) is 12.6. The summed E-state index contributed by atoms with van der Waals surface area (Å²) in [5, 5.41) is 8.21. The quantitative estimate of drug-likeness (QED) is 0.933. The summed E-state index contributed by atoms with van der Waals surface area (Å²) in [7, 11) is 0. The van der Waals surface area contributed by atoms with Gasteiger partial charge in [-0.25, -0.2) is 9.50 Å². The minimum Gasteiger partial charge on any atom is -0.355 e. The highest BCUT2D eigenvalue weighted by Gasteiger charge is 2.25. The van der Waals surface area contributed by atoms with Crippen molar-refractivity contribution in [3.8, 4) is 0 Å². The topological polar surface area (TPSA) is 45.5 Å². The van der Waals surface area contributed by atoms with Gasteiger partial charge in [-0.2, -0.15) is 5.10 Å². The number of aromatic nitrogens is 3. The molecule has 1 saturated heterocycles. The molecule has 112 valence electrons. The molecule has 0 spiro atoms. The van der Waals surface area contributed by atoms with Gasteiger partial charge in [0, 0.05) is 31.5 Å². The number of aryl methyl sites for hydroxylation is 1.